The van der Waals surface area contributed by atoms with Crippen molar-refractivity contribution in [3.05, 3.63) is 59.4 Å². The van der Waals surface area contributed by atoms with Crippen LogP contribution >= 0.6 is 0 Å². The highest BCUT2D eigenvalue weighted by atomic mass is 19.1. The molecule has 4 nitrogen and oxygen atoms in total. The summed E-state index contributed by atoms with van der Waals surface area (Å²) in [4.78, 5) is 13.6. The Morgan fingerprint density at radius 1 is 1.26 bits per heavy atom. The Labute approximate surface area is 135 Å². The molecule has 0 aromatic heterocycles. The highest BCUT2D eigenvalue weighted by molar-refractivity contribution is 5.77. The van der Waals surface area contributed by atoms with Crippen LogP contribution in [0.15, 0.2) is 42.5 Å². The quantitative estimate of drug-likeness (QED) is 0.888. The van der Waals surface area contributed by atoms with E-state index in [1.165, 1.54) is 25.3 Å². The minimum absolute atomic E-state index is 0.160. The van der Waals surface area contributed by atoms with E-state index in [-0.39, 0.29) is 6.42 Å². The van der Waals surface area contributed by atoms with E-state index in [4.69, 9.17) is 4.74 Å². The van der Waals surface area contributed by atoms with Crippen LogP contribution < -0.4 is 9.64 Å². The molecule has 0 aliphatic carbocycles. The molecule has 0 spiro atoms. The maximum Gasteiger partial charge on any atom is 0.311 e. The van der Waals surface area contributed by atoms with Gasteiger partial charge in [0, 0.05) is 19.8 Å². The molecular formula is C18H20FNO3. The largest absolute Gasteiger partial charge is 0.496 e. The van der Waals surface area contributed by atoms with Gasteiger partial charge in [0.25, 0.3) is 0 Å². The molecule has 0 bridgehead atoms. The van der Waals surface area contributed by atoms with Gasteiger partial charge in [-0.15, -0.1) is 0 Å². The molecule has 23 heavy (non-hydrogen) atoms. The summed E-state index contributed by atoms with van der Waals surface area (Å²) in [5.41, 5.74) is 2.13. The fourth-order valence-corrected chi connectivity index (χ4v) is 2.49. The fourth-order valence-electron chi connectivity index (χ4n) is 2.49. The standard InChI is InChI=1S/C18H20FNO3/c1-20(2)15-6-4-5-12(10-15)16(18(21)22)11-13-9-14(19)7-8-17(13)23-3/h4-10,16H,11H2,1-3H3,(H,21,22). The number of ether oxygens (including phenoxy) is 1. The normalized spacial score (nSPS) is 11.8. The van der Waals surface area contributed by atoms with Crippen LogP contribution in [-0.4, -0.2) is 32.3 Å². The summed E-state index contributed by atoms with van der Waals surface area (Å²) in [6.07, 6.45) is 0.160. The van der Waals surface area contributed by atoms with Gasteiger partial charge in [0.1, 0.15) is 11.6 Å². The first kappa shape index (κ1) is 16.8. The van der Waals surface area contributed by atoms with Gasteiger partial charge >= 0.3 is 5.97 Å². The Balaban J connectivity index is 2.39. The number of aliphatic carboxylic acids is 1. The lowest BCUT2D eigenvalue weighted by Gasteiger charge is -2.18. The number of methoxy groups -OCH3 is 1. The number of hydrogen-bond donors (Lipinski definition) is 1. The predicted molar refractivity (Wildman–Crippen MR) is 87.8 cm³/mol. The first-order valence-corrected chi connectivity index (χ1v) is 7.25. The molecule has 2 rings (SSSR count). The summed E-state index contributed by atoms with van der Waals surface area (Å²) in [6.45, 7) is 0. The molecule has 0 saturated heterocycles. The predicted octanol–water partition coefficient (Wildman–Crippen LogP) is 3.31. The molecule has 0 radical (unpaired) electrons. The van der Waals surface area contributed by atoms with Crippen molar-refractivity contribution in [2.45, 2.75) is 12.3 Å². The first-order valence-electron chi connectivity index (χ1n) is 7.25. The van der Waals surface area contributed by atoms with Crippen LogP contribution in [-0.2, 0) is 11.2 Å². The number of hydrogen-bond acceptors (Lipinski definition) is 3. The van der Waals surface area contributed by atoms with E-state index in [0.29, 0.717) is 16.9 Å². The number of carbonyl (C=O) groups is 1. The maximum absolute atomic E-state index is 13.5. The Morgan fingerprint density at radius 2 is 2.00 bits per heavy atom. The molecule has 0 aliphatic heterocycles. The molecule has 0 saturated carbocycles. The Morgan fingerprint density at radius 3 is 2.61 bits per heavy atom. The van der Waals surface area contributed by atoms with E-state index in [1.54, 1.807) is 6.07 Å². The van der Waals surface area contributed by atoms with Crippen LogP contribution in [0.1, 0.15) is 17.0 Å². The van der Waals surface area contributed by atoms with Crippen molar-refractivity contribution in [1.82, 2.24) is 0 Å². The number of nitrogens with zero attached hydrogens (tertiary/aromatic N) is 1. The summed E-state index contributed by atoms with van der Waals surface area (Å²) in [6, 6.07) is 11.5. The average Bonchev–Trinajstić information content (AvgIpc) is 2.52. The van der Waals surface area contributed by atoms with Crippen LogP contribution in [0, 0.1) is 5.82 Å². The van der Waals surface area contributed by atoms with Gasteiger partial charge in [-0.1, -0.05) is 12.1 Å². The number of halogens is 1. The van der Waals surface area contributed by atoms with Crippen molar-refractivity contribution in [2.24, 2.45) is 0 Å². The van der Waals surface area contributed by atoms with Crippen molar-refractivity contribution >= 4 is 11.7 Å². The molecule has 1 N–H and O–H groups in total. The monoisotopic (exact) mass is 317 g/mol. The summed E-state index contributed by atoms with van der Waals surface area (Å²) in [5, 5.41) is 9.60. The van der Waals surface area contributed by atoms with Gasteiger partial charge in [-0.3, -0.25) is 4.79 Å². The lowest BCUT2D eigenvalue weighted by Crippen LogP contribution is -2.16. The minimum atomic E-state index is -0.952. The second kappa shape index (κ2) is 7.13. The number of anilines is 1. The van der Waals surface area contributed by atoms with Crippen LogP contribution in [0.5, 0.6) is 5.75 Å². The van der Waals surface area contributed by atoms with Crippen molar-refractivity contribution < 1.29 is 19.0 Å². The van der Waals surface area contributed by atoms with Crippen LogP contribution in [0.2, 0.25) is 0 Å². The van der Waals surface area contributed by atoms with Crippen molar-refractivity contribution in [2.75, 3.05) is 26.1 Å². The molecular weight excluding hydrogens is 297 g/mol. The van der Waals surface area contributed by atoms with Gasteiger partial charge in [0.05, 0.1) is 13.0 Å². The van der Waals surface area contributed by atoms with Gasteiger partial charge in [-0.25, -0.2) is 4.39 Å². The molecule has 0 fully saturated rings. The van der Waals surface area contributed by atoms with E-state index >= 15 is 0 Å². The number of carboxylic acids is 1. The minimum Gasteiger partial charge on any atom is -0.496 e. The van der Waals surface area contributed by atoms with Gasteiger partial charge in [-0.2, -0.15) is 0 Å². The van der Waals surface area contributed by atoms with Crippen molar-refractivity contribution in [3.63, 3.8) is 0 Å². The third-order valence-electron chi connectivity index (χ3n) is 3.75. The summed E-state index contributed by atoms with van der Waals surface area (Å²) in [5.74, 6) is -1.65. The molecule has 1 unspecified atom stereocenters. The lowest BCUT2D eigenvalue weighted by molar-refractivity contribution is -0.138. The number of benzene rings is 2. The second-order valence-corrected chi connectivity index (χ2v) is 5.54. The van der Waals surface area contributed by atoms with Crippen molar-refractivity contribution in [1.29, 1.82) is 0 Å². The Bertz CT molecular complexity index is 700. The second-order valence-electron chi connectivity index (χ2n) is 5.54. The van der Waals surface area contributed by atoms with Gasteiger partial charge in [0.2, 0.25) is 0 Å². The zero-order valence-electron chi connectivity index (χ0n) is 13.4. The van der Waals surface area contributed by atoms with Crippen LogP contribution in [0.4, 0.5) is 10.1 Å². The molecule has 5 heteroatoms. The molecule has 1 atom stereocenters. The topological polar surface area (TPSA) is 49.8 Å². The van der Waals surface area contributed by atoms with Crippen LogP contribution in [0.25, 0.3) is 0 Å². The third kappa shape index (κ3) is 4.00. The highest BCUT2D eigenvalue weighted by Crippen LogP contribution is 2.29. The molecule has 0 amide bonds. The van der Waals surface area contributed by atoms with Gasteiger partial charge in [-0.05, 0) is 47.9 Å². The summed E-state index contributed by atoms with van der Waals surface area (Å²) < 4.78 is 18.7. The Hall–Kier alpha value is -2.56. The maximum atomic E-state index is 13.5. The number of rotatable bonds is 6. The molecule has 122 valence electrons. The molecule has 0 aliphatic rings. The Kier molecular flexibility index (Phi) is 5.21. The summed E-state index contributed by atoms with van der Waals surface area (Å²) >= 11 is 0. The fraction of sp³-hybridized carbons (Fsp3) is 0.278. The SMILES string of the molecule is COc1ccc(F)cc1CC(C(=O)O)c1cccc(N(C)C)c1. The molecule has 2 aromatic carbocycles. The smallest absolute Gasteiger partial charge is 0.311 e. The lowest BCUT2D eigenvalue weighted by atomic mass is 9.91. The average molecular weight is 317 g/mol. The van der Waals surface area contributed by atoms with Crippen LogP contribution in [0.3, 0.4) is 0 Å². The van der Waals surface area contributed by atoms with E-state index in [2.05, 4.69) is 0 Å². The van der Waals surface area contributed by atoms with E-state index in [1.807, 2.05) is 37.2 Å². The molecule has 2 aromatic rings. The highest BCUT2D eigenvalue weighted by Gasteiger charge is 2.23. The molecule has 0 heterocycles. The van der Waals surface area contributed by atoms with E-state index < -0.39 is 17.7 Å². The zero-order valence-corrected chi connectivity index (χ0v) is 13.4. The zero-order chi connectivity index (χ0) is 17.0. The third-order valence-corrected chi connectivity index (χ3v) is 3.75. The summed E-state index contributed by atoms with van der Waals surface area (Å²) in [7, 11) is 5.27. The van der Waals surface area contributed by atoms with Gasteiger partial charge in [0.15, 0.2) is 0 Å². The van der Waals surface area contributed by atoms with Gasteiger partial charge < -0.3 is 14.7 Å². The first-order chi connectivity index (χ1) is 10.9. The van der Waals surface area contributed by atoms with Crippen molar-refractivity contribution in [3.8, 4) is 5.75 Å². The van der Waals surface area contributed by atoms with E-state index in [0.717, 1.165) is 5.69 Å². The number of carboxylic acid groups (broad SMARTS) is 1. The van der Waals surface area contributed by atoms with E-state index in [9.17, 15) is 14.3 Å².